The molecule has 0 aromatic carbocycles. The molecule has 3 atom stereocenters. The summed E-state index contributed by atoms with van der Waals surface area (Å²) in [5.41, 5.74) is 0. The van der Waals surface area contributed by atoms with Crippen molar-refractivity contribution in [1.82, 2.24) is 15.5 Å². The minimum absolute atomic E-state index is 0.0161. The Morgan fingerprint density at radius 3 is 2.67 bits per heavy atom. The van der Waals surface area contributed by atoms with Crippen LogP contribution in [0.15, 0.2) is 0 Å². The van der Waals surface area contributed by atoms with Gasteiger partial charge in [0.25, 0.3) is 0 Å². The molecule has 18 heavy (non-hydrogen) atoms. The quantitative estimate of drug-likeness (QED) is 0.753. The lowest BCUT2D eigenvalue weighted by Crippen LogP contribution is -2.61. The van der Waals surface area contributed by atoms with Crippen molar-refractivity contribution in [2.75, 3.05) is 19.6 Å². The first-order chi connectivity index (χ1) is 8.63. The molecule has 2 N–H and O–H groups in total. The van der Waals surface area contributed by atoms with E-state index in [9.17, 15) is 4.79 Å². The topological polar surface area (TPSA) is 44.4 Å². The van der Waals surface area contributed by atoms with E-state index in [4.69, 9.17) is 0 Å². The summed E-state index contributed by atoms with van der Waals surface area (Å²) in [5.74, 6) is 0.173. The van der Waals surface area contributed by atoms with Crippen LogP contribution in [-0.4, -0.2) is 48.6 Å². The molecule has 0 aliphatic carbocycles. The van der Waals surface area contributed by atoms with Crippen LogP contribution in [0.3, 0.4) is 0 Å². The lowest BCUT2D eigenvalue weighted by Gasteiger charge is -2.42. The maximum Gasteiger partial charge on any atom is 0.237 e. The van der Waals surface area contributed by atoms with E-state index in [1.54, 1.807) is 0 Å². The number of piperazine rings is 1. The van der Waals surface area contributed by atoms with Crippen molar-refractivity contribution >= 4 is 5.91 Å². The van der Waals surface area contributed by atoms with E-state index in [1.807, 2.05) is 6.92 Å². The van der Waals surface area contributed by atoms with Crippen molar-refractivity contribution < 1.29 is 4.79 Å². The number of nitrogens with one attached hydrogen (secondary N) is 2. The fourth-order valence-corrected chi connectivity index (χ4v) is 2.56. The molecule has 3 unspecified atom stereocenters. The van der Waals surface area contributed by atoms with Crippen LogP contribution in [0, 0.1) is 0 Å². The summed E-state index contributed by atoms with van der Waals surface area (Å²) >= 11 is 0. The monoisotopic (exact) mass is 255 g/mol. The van der Waals surface area contributed by atoms with Crippen molar-refractivity contribution in [3.63, 3.8) is 0 Å². The van der Waals surface area contributed by atoms with E-state index in [1.165, 1.54) is 0 Å². The first-order valence-electron chi connectivity index (χ1n) is 7.40. The third kappa shape index (κ3) is 3.95. The zero-order valence-electron chi connectivity index (χ0n) is 12.3. The standard InChI is InChI=1S/C14H29N3O/c1-5-8-15-14(18)11(4)17-10-12(6-2)16-9-13(17)7-3/h11-13,16H,5-10H2,1-4H3,(H,15,18). The smallest absolute Gasteiger partial charge is 0.237 e. The van der Waals surface area contributed by atoms with Crippen LogP contribution in [0.4, 0.5) is 0 Å². The molecule has 1 aliphatic heterocycles. The van der Waals surface area contributed by atoms with E-state index in [2.05, 4.69) is 36.3 Å². The Hall–Kier alpha value is -0.610. The summed E-state index contributed by atoms with van der Waals surface area (Å²) in [5, 5.41) is 6.57. The average molecular weight is 255 g/mol. The Balaban J connectivity index is 2.60. The minimum atomic E-state index is -0.0161. The predicted molar refractivity (Wildman–Crippen MR) is 75.6 cm³/mol. The van der Waals surface area contributed by atoms with E-state index in [0.29, 0.717) is 12.1 Å². The van der Waals surface area contributed by atoms with E-state index in [0.717, 1.165) is 38.9 Å². The second-order valence-corrected chi connectivity index (χ2v) is 5.24. The molecule has 0 spiro atoms. The van der Waals surface area contributed by atoms with Crippen LogP contribution in [0.1, 0.15) is 47.0 Å². The SMILES string of the molecule is CCCNC(=O)C(C)N1CC(CC)NCC1CC. The Labute approximate surface area is 111 Å². The van der Waals surface area contributed by atoms with Crippen LogP contribution >= 0.6 is 0 Å². The highest BCUT2D eigenvalue weighted by Crippen LogP contribution is 2.15. The molecule has 0 aromatic heterocycles. The van der Waals surface area contributed by atoms with Crippen LogP contribution in [0.5, 0.6) is 0 Å². The molecule has 4 heteroatoms. The highest BCUT2D eigenvalue weighted by atomic mass is 16.2. The third-order valence-electron chi connectivity index (χ3n) is 3.93. The van der Waals surface area contributed by atoms with Gasteiger partial charge in [0.15, 0.2) is 0 Å². The molecule has 1 aliphatic rings. The van der Waals surface area contributed by atoms with Gasteiger partial charge in [0, 0.05) is 31.7 Å². The van der Waals surface area contributed by atoms with Crippen LogP contribution in [0.2, 0.25) is 0 Å². The van der Waals surface area contributed by atoms with Gasteiger partial charge in [0.2, 0.25) is 5.91 Å². The maximum atomic E-state index is 12.1. The van der Waals surface area contributed by atoms with Crippen LogP contribution in [-0.2, 0) is 4.79 Å². The van der Waals surface area contributed by atoms with Gasteiger partial charge in [-0.1, -0.05) is 20.8 Å². The molecule has 4 nitrogen and oxygen atoms in total. The molecule has 0 radical (unpaired) electrons. The summed E-state index contributed by atoms with van der Waals surface area (Å²) in [6.07, 6.45) is 3.21. The molecule has 1 saturated heterocycles. The molecular weight excluding hydrogens is 226 g/mol. The van der Waals surface area contributed by atoms with E-state index in [-0.39, 0.29) is 11.9 Å². The lowest BCUT2D eigenvalue weighted by molar-refractivity contribution is -0.127. The molecule has 0 saturated carbocycles. The molecule has 1 rings (SSSR count). The fourth-order valence-electron chi connectivity index (χ4n) is 2.56. The molecule has 1 heterocycles. The summed E-state index contributed by atoms with van der Waals surface area (Å²) in [6.45, 7) is 11.3. The van der Waals surface area contributed by atoms with Gasteiger partial charge in [-0.3, -0.25) is 9.69 Å². The van der Waals surface area contributed by atoms with Crippen molar-refractivity contribution in [3.8, 4) is 0 Å². The molecule has 0 aromatic rings. The average Bonchev–Trinajstić information content (AvgIpc) is 2.43. The first-order valence-corrected chi connectivity index (χ1v) is 7.40. The fraction of sp³-hybridized carbons (Fsp3) is 0.929. The summed E-state index contributed by atoms with van der Waals surface area (Å²) in [4.78, 5) is 14.5. The van der Waals surface area contributed by atoms with Gasteiger partial charge in [-0.05, 0) is 26.2 Å². The molecule has 1 amide bonds. The Morgan fingerprint density at radius 2 is 2.11 bits per heavy atom. The van der Waals surface area contributed by atoms with Gasteiger partial charge in [-0.2, -0.15) is 0 Å². The lowest BCUT2D eigenvalue weighted by atomic mass is 10.0. The molecular formula is C14H29N3O. The maximum absolute atomic E-state index is 12.1. The molecule has 106 valence electrons. The first kappa shape index (κ1) is 15.4. The van der Waals surface area contributed by atoms with Crippen molar-refractivity contribution in [2.45, 2.75) is 65.1 Å². The summed E-state index contributed by atoms with van der Waals surface area (Å²) in [7, 11) is 0. The zero-order chi connectivity index (χ0) is 13.5. The van der Waals surface area contributed by atoms with Crippen LogP contribution < -0.4 is 10.6 Å². The number of amides is 1. The molecule has 0 bridgehead atoms. The number of hydrogen-bond acceptors (Lipinski definition) is 3. The van der Waals surface area contributed by atoms with E-state index < -0.39 is 0 Å². The Morgan fingerprint density at radius 1 is 1.39 bits per heavy atom. The van der Waals surface area contributed by atoms with Crippen LogP contribution in [0.25, 0.3) is 0 Å². The number of hydrogen-bond donors (Lipinski definition) is 2. The summed E-state index contributed by atoms with van der Waals surface area (Å²) < 4.78 is 0. The second-order valence-electron chi connectivity index (χ2n) is 5.24. The number of nitrogens with zero attached hydrogens (tertiary/aromatic N) is 1. The summed E-state index contributed by atoms with van der Waals surface area (Å²) in [6, 6.07) is 0.988. The van der Waals surface area contributed by atoms with Crippen molar-refractivity contribution in [1.29, 1.82) is 0 Å². The Kier molecular flexibility index (Phi) is 6.65. The third-order valence-corrected chi connectivity index (χ3v) is 3.93. The number of rotatable bonds is 6. The van der Waals surface area contributed by atoms with Gasteiger partial charge in [0.05, 0.1) is 6.04 Å². The van der Waals surface area contributed by atoms with Gasteiger partial charge in [-0.15, -0.1) is 0 Å². The van der Waals surface area contributed by atoms with Gasteiger partial charge in [0.1, 0.15) is 0 Å². The predicted octanol–water partition coefficient (Wildman–Crippen LogP) is 1.36. The highest BCUT2D eigenvalue weighted by molar-refractivity contribution is 5.81. The van der Waals surface area contributed by atoms with Gasteiger partial charge >= 0.3 is 0 Å². The van der Waals surface area contributed by atoms with Crippen molar-refractivity contribution in [3.05, 3.63) is 0 Å². The van der Waals surface area contributed by atoms with Gasteiger partial charge in [-0.25, -0.2) is 0 Å². The molecule has 1 fully saturated rings. The zero-order valence-corrected chi connectivity index (χ0v) is 12.3. The normalized spacial score (nSPS) is 26.9. The number of carbonyl (C=O) groups excluding carboxylic acids is 1. The van der Waals surface area contributed by atoms with Gasteiger partial charge < -0.3 is 10.6 Å². The van der Waals surface area contributed by atoms with Crippen molar-refractivity contribution in [2.24, 2.45) is 0 Å². The van der Waals surface area contributed by atoms with E-state index >= 15 is 0 Å². The Bertz CT molecular complexity index is 257. The highest BCUT2D eigenvalue weighted by Gasteiger charge is 2.32. The number of carbonyl (C=O) groups is 1. The minimum Gasteiger partial charge on any atom is -0.355 e. The second kappa shape index (κ2) is 7.74. The largest absolute Gasteiger partial charge is 0.355 e.